The summed E-state index contributed by atoms with van der Waals surface area (Å²) < 4.78 is 80.1. The van der Waals surface area contributed by atoms with Crippen LogP contribution in [0, 0.1) is 0 Å². The normalized spacial score (nSPS) is 16.5. The average Bonchev–Trinajstić information content (AvgIpc) is 3.22. The molecule has 0 unspecified atom stereocenters. The number of rotatable bonds is 3. The predicted octanol–water partition coefficient (Wildman–Crippen LogP) is 5.55. The molecule has 0 saturated carbocycles. The van der Waals surface area contributed by atoms with Crippen molar-refractivity contribution in [1.82, 2.24) is 14.8 Å². The van der Waals surface area contributed by atoms with E-state index in [-0.39, 0.29) is 21.6 Å². The molecule has 0 spiro atoms. The van der Waals surface area contributed by atoms with Crippen LogP contribution in [0.25, 0.3) is 17.0 Å². The lowest BCUT2D eigenvalue weighted by atomic mass is 10.0. The number of halogens is 6. The molecule has 13 heteroatoms. The van der Waals surface area contributed by atoms with Gasteiger partial charge < -0.3 is 0 Å². The van der Waals surface area contributed by atoms with Gasteiger partial charge in [0.05, 0.1) is 34.3 Å². The van der Waals surface area contributed by atoms with Crippen LogP contribution < -0.4 is 0 Å². The minimum absolute atomic E-state index is 0.0185. The summed E-state index contributed by atoms with van der Waals surface area (Å²) in [4.78, 5) is 23.1. The molecule has 1 fully saturated rings. The van der Waals surface area contributed by atoms with Gasteiger partial charge in [0.25, 0.3) is 5.91 Å². The first-order valence-electron chi connectivity index (χ1n) is 9.04. The molecule has 1 saturated heterocycles. The minimum atomic E-state index is -5.00. The van der Waals surface area contributed by atoms with Gasteiger partial charge in [-0.1, -0.05) is 12.1 Å². The molecule has 4 rings (SSSR count). The van der Waals surface area contributed by atoms with Gasteiger partial charge >= 0.3 is 17.6 Å². The molecule has 3 aromatic rings. The van der Waals surface area contributed by atoms with Crippen LogP contribution >= 0.6 is 11.8 Å². The van der Waals surface area contributed by atoms with Crippen molar-refractivity contribution in [3.63, 3.8) is 0 Å². The van der Waals surface area contributed by atoms with Gasteiger partial charge in [0.2, 0.25) is 0 Å². The highest BCUT2D eigenvalue weighted by Crippen LogP contribution is 2.38. The van der Waals surface area contributed by atoms with Crippen LogP contribution in [-0.4, -0.2) is 31.2 Å². The van der Waals surface area contributed by atoms with E-state index < -0.39 is 41.2 Å². The van der Waals surface area contributed by atoms with Crippen LogP contribution in [0.1, 0.15) is 22.3 Å². The van der Waals surface area contributed by atoms with Crippen molar-refractivity contribution in [2.24, 2.45) is 0 Å². The van der Waals surface area contributed by atoms with Crippen LogP contribution in [-0.2, 0) is 23.7 Å². The molecular weight excluding hydrogens is 476 g/mol. The quantitative estimate of drug-likeness (QED) is 0.298. The zero-order chi connectivity index (χ0) is 24.1. The smallest absolute Gasteiger partial charge is 0.278 e. The van der Waals surface area contributed by atoms with Crippen molar-refractivity contribution in [3.05, 3.63) is 69.8 Å². The Hall–Kier alpha value is -3.32. The molecule has 2 aromatic carbocycles. The molecule has 0 aliphatic carbocycles. The van der Waals surface area contributed by atoms with Gasteiger partial charge in [-0.3, -0.25) is 19.5 Å². The van der Waals surface area contributed by atoms with Crippen molar-refractivity contribution in [2.75, 3.05) is 0 Å². The van der Waals surface area contributed by atoms with Gasteiger partial charge in [0, 0.05) is 5.39 Å². The van der Waals surface area contributed by atoms with Gasteiger partial charge in [0.1, 0.15) is 0 Å². The summed E-state index contributed by atoms with van der Waals surface area (Å²) >= 11 is 0.537. The van der Waals surface area contributed by atoms with Crippen molar-refractivity contribution in [3.8, 4) is 0 Å². The molecule has 172 valence electrons. The molecular formula is C20H11F6N3O3S. The Kier molecular flexibility index (Phi) is 5.48. The third kappa shape index (κ3) is 4.46. The number of carbonyl (C=O) groups is 2. The Labute approximate surface area is 185 Å². The maximum Gasteiger partial charge on any atom is 0.416 e. The number of benzene rings is 2. The van der Waals surface area contributed by atoms with Crippen molar-refractivity contribution >= 4 is 39.9 Å². The molecule has 1 aliphatic rings. The average molecular weight is 487 g/mol. The number of carbonyl (C=O) groups excluding carboxylic acids is 2. The first kappa shape index (κ1) is 22.9. The lowest BCUT2D eigenvalue weighted by molar-refractivity contribution is -0.145. The SMILES string of the molecule is O=C1SC(=Cc2ccc3c(cnn3Cc3ccc(C(F)(F)F)cc3C(F)(F)F)c2)C(=O)N1O. The van der Waals surface area contributed by atoms with E-state index in [9.17, 15) is 41.1 Å². The van der Waals surface area contributed by atoms with Gasteiger partial charge in [0.15, 0.2) is 0 Å². The van der Waals surface area contributed by atoms with Crippen LogP contribution in [0.5, 0.6) is 0 Å². The summed E-state index contributed by atoms with van der Waals surface area (Å²) in [5.74, 6) is -0.886. The zero-order valence-electron chi connectivity index (χ0n) is 16.1. The van der Waals surface area contributed by atoms with E-state index >= 15 is 0 Å². The number of imide groups is 1. The summed E-state index contributed by atoms with van der Waals surface area (Å²) in [6, 6.07) is 6.02. The van der Waals surface area contributed by atoms with Gasteiger partial charge in [-0.15, -0.1) is 5.06 Å². The number of hydroxylamine groups is 2. The Morgan fingerprint density at radius 3 is 2.33 bits per heavy atom. The molecule has 0 radical (unpaired) electrons. The number of thioether (sulfide) groups is 1. The van der Waals surface area contributed by atoms with Crippen molar-refractivity contribution in [1.29, 1.82) is 0 Å². The Balaban J connectivity index is 1.67. The molecule has 1 aliphatic heterocycles. The lowest BCUT2D eigenvalue weighted by Gasteiger charge is -2.16. The molecule has 33 heavy (non-hydrogen) atoms. The molecule has 0 bridgehead atoms. The van der Waals surface area contributed by atoms with E-state index in [1.807, 2.05) is 0 Å². The largest absolute Gasteiger partial charge is 0.416 e. The number of amides is 2. The summed E-state index contributed by atoms with van der Waals surface area (Å²) in [6.07, 6.45) is -7.21. The van der Waals surface area contributed by atoms with Crippen LogP contribution in [0.2, 0.25) is 0 Å². The first-order valence-corrected chi connectivity index (χ1v) is 9.86. The monoisotopic (exact) mass is 487 g/mol. The topological polar surface area (TPSA) is 75.4 Å². The molecule has 2 amide bonds. The first-order chi connectivity index (χ1) is 15.3. The summed E-state index contributed by atoms with van der Waals surface area (Å²) in [5, 5.41) is 12.9. The highest BCUT2D eigenvalue weighted by Gasteiger charge is 2.38. The zero-order valence-corrected chi connectivity index (χ0v) is 16.9. The van der Waals surface area contributed by atoms with Gasteiger partial charge in [-0.2, -0.15) is 31.4 Å². The minimum Gasteiger partial charge on any atom is -0.278 e. The molecule has 6 nitrogen and oxygen atoms in total. The summed E-state index contributed by atoms with van der Waals surface area (Å²) in [6.45, 7) is -0.431. The number of hydrogen-bond acceptors (Lipinski definition) is 5. The number of hydrogen-bond donors (Lipinski definition) is 1. The fourth-order valence-electron chi connectivity index (χ4n) is 3.25. The Bertz CT molecular complexity index is 1310. The van der Waals surface area contributed by atoms with Gasteiger partial charge in [-0.05, 0) is 53.2 Å². The standard InChI is InChI=1S/C20H11F6N3O3S/c21-19(22,23)13-3-2-11(14(7-13)20(24,25)26)9-28-15-4-1-10(5-12(15)8-27-28)6-16-17(30)29(32)18(31)33-16/h1-8,32H,9H2. The summed E-state index contributed by atoms with van der Waals surface area (Å²) in [5.41, 5.74) is -2.33. The number of aromatic nitrogens is 2. The summed E-state index contributed by atoms with van der Waals surface area (Å²) in [7, 11) is 0. The number of alkyl halides is 6. The van der Waals surface area contributed by atoms with E-state index in [2.05, 4.69) is 5.10 Å². The highest BCUT2D eigenvalue weighted by atomic mass is 32.2. The van der Waals surface area contributed by atoms with E-state index in [4.69, 9.17) is 0 Å². The van der Waals surface area contributed by atoms with Crippen LogP contribution in [0.4, 0.5) is 31.1 Å². The highest BCUT2D eigenvalue weighted by molar-refractivity contribution is 8.18. The number of fused-ring (bicyclic) bond motifs is 1. The number of nitrogens with zero attached hydrogens (tertiary/aromatic N) is 3. The molecule has 0 atom stereocenters. The van der Waals surface area contributed by atoms with E-state index in [0.717, 1.165) is 6.07 Å². The fraction of sp³-hybridized carbons (Fsp3) is 0.150. The third-order valence-corrected chi connectivity index (χ3v) is 5.66. The van der Waals surface area contributed by atoms with Crippen LogP contribution in [0.15, 0.2) is 47.5 Å². The lowest BCUT2D eigenvalue weighted by Crippen LogP contribution is -2.23. The fourth-order valence-corrected chi connectivity index (χ4v) is 3.97. The Morgan fingerprint density at radius 1 is 1.00 bits per heavy atom. The molecule has 1 aromatic heterocycles. The third-order valence-electron chi connectivity index (χ3n) is 4.80. The second-order valence-electron chi connectivity index (χ2n) is 6.98. The maximum atomic E-state index is 13.4. The van der Waals surface area contributed by atoms with Crippen molar-refractivity contribution < 1.29 is 41.1 Å². The van der Waals surface area contributed by atoms with E-state index in [0.29, 0.717) is 34.3 Å². The van der Waals surface area contributed by atoms with E-state index in [1.54, 1.807) is 6.07 Å². The predicted molar refractivity (Wildman–Crippen MR) is 105 cm³/mol. The van der Waals surface area contributed by atoms with E-state index in [1.165, 1.54) is 29.1 Å². The second-order valence-corrected chi connectivity index (χ2v) is 7.97. The van der Waals surface area contributed by atoms with Gasteiger partial charge in [-0.25, -0.2) is 0 Å². The van der Waals surface area contributed by atoms with Crippen LogP contribution in [0.3, 0.4) is 0 Å². The Morgan fingerprint density at radius 2 is 1.73 bits per heavy atom. The second kappa shape index (κ2) is 7.92. The van der Waals surface area contributed by atoms with Crippen molar-refractivity contribution in [2.45, 2.75) is 18.9 Å². The molecule has 2 heterocycles. The molecule has 1 N–H and O–H groups in total. The maximum absolute atomic E-state index is 13.4.